The van der Waals surface area contributed by atoms with Crippen molar-refractivity contribution < 1.29 is 43.2 Å². The SMILES string of the molecule is CCN1C=CN(C)C1.CCN1C=CN(C)C1.NS(=O)(=O)C(F)(F)F.NS(=O)(=O)C(F)(F)F. The lowest BCUT2D eigenvalue weighted by Crippen LogP contribution is -2.30. The molecule has 0 unspecified atom stereocenters. The van der Waals surface area contributed by atoms with Crippen molar-refractivity contribution in [1.29, 1.82) is 0 Å². The van der Waals surface area contributed by atoms with E-state index in [1.165, 1.54) is 0 Å². The van der Waals surface area contributed by atoms with Gasteiger partial charge in [0.05, 0.1) is 13.3 Å². The molecule has 10 nitrogen and oxygen atoms in total. The fourth-order valence-electron chi connectivity index (χ4n) is 1.59. The van der Waals surface area contributed by atoms with Crippen LogP contribution in [0.25, 0.3) is 0 Å². The highest BCUT2D eigenvalue weighted by atomic mass is 32.2. The predicted octanol–water partition coefficient (Wildman–Crippen LogP) is 0.954. The number of halogens is 6. The highest BCUT2D eigenvalue weighted by Crippen LogP contribution is 2.19. The Morgan fingerprint density at radius 2 is 0.906 bits per heavy atom. The molecule has 0 bridgehead atoms. The van der Waals surface area contributed by atoms with Gasteiger partial charge in [0.15, 0.2) is 0 Å². The van der Waals surface area contributed by atoms with Crippen LogP contribution in [0.1, 0.15) is 13.8 Å². The largest absolute Gasteiger partial charge is 0.511 e. The van der Waals surface area contributed by atoms with E-state index in [2.05, 4.69) is 82.6 Å². The number of hydrogen-bond acceptors (Lipinski definition) is 8. The van der Waals surface area contributed by atoms with Crippen LogP contribution in [-0.2, 0) is 20.0 Å². The van der Waals surface area contributed by atoms with Gasteiger partial charge in [0.1, 0.15) is 0 Å². The molecule has 2 heterocycles. The second kappa shape index (κ2) is 12.9. The first-order chi connectivity index (χ1) is 14.2. The normalized spacial score (nSPS) is 16.1. The zero-order valence-corrected chi connectivity index (χ0v) is 19.4. The van der Waals surface area contributed by atoms with Crippen molar-refractivity contribution in [2.45, 2.75) is 24.9 Å². The third kappa shape index (κ3) is 14.2. The smallest absolute Gasteiger partial charge is 0.362 e. The summed E-state index contributed by atoms with van der Waals surface area (Å²) in [6.45, 7) is 8.64. The van der Waals surface area contributed by atoms with Gasteiger partial charge in [-0.25, -0.2) is 27.1 Å². The van der Waals surface area contributed by atoms with E-state index in [1.807, 2.05) is 0 Å². The van der Waals surface area contributed by atoms with Crippen LogP contribution < -0.4 is 10.3 Å². The van der Waals surface area contributed by atoms with Crippen LogP contribution in [0.2, 0.25) is 0 Å². The number of nitrogens with two attached hydrogens (primary N) is 2. The zero-order chi connectivity index (χ0) is 26.0. The van der Waals surface area contributed by atoms with Crippen LogP contribution in [0, 0.1) is 0 Å². The number of hydrogen-bond donors (Lipinski definition) is 2. The van der Waals surface area contributed by atoms with Gasteiger partial charge in [-0.3, -0.25) is 0 Å². The van der Waals surface area contributed by atoms with Gasteiger partial charge in [-0.1, -0.05) is 0 Å². The lowest BCUT2D eigenvalue weighted by Gasteiger charge is -2.14. The Balaban J connectivity index is 0. The average Bonchev–Trinajstić information content (AvgIpc) is 3.21. The van der Waals surface area contributed by atoms with Crippen LogP contribution in [-0.4, -0.2) is 88.0 Å². The van der Waals surface area contributed by atoms with Gasteiger partial charge in [0, 0.05) is 52.0 Å². The quantitative estimate of drug-likeness (QED) is 0.513. The van der Waals surface area contributed by atoms with E-state index in [-0.39, 0.29) is 0 Å². The second-order valence-electron chi connectivity index (χ2n) is 6.18. The van der Waals surface area contributed by atoms with E-state index in [4.69, 9.17) is 0 Å². The van der Waals surface area contributed by atoms with Crippen molar-refractivity contribution in [3.8, 4) is 0 Å². The molecule has 0 saturated carbocycles. The first-order valence-electron chi connectivity index (χ1n) is 8.59. The minimum Gasteiger partial charge on any atom is -0.362 e. The van der Waals surface area contributed by atoms with Crippen LogP contribution >= 0.6 is 0 Å². The highest BCUT2D eigenvalue weighted by Gasteiger charge is 2.43. The minimum atomic E-state index is -5.34. The summed E-state index contributed by atoms with van der Waals surface area (Å²) in [4.78, 5) is 8.81. The molecule has 18 heteroatoms. The molecule has 32 heavy (non-hydrogen) atoms. The van der Waals surface area contributed by atoms with Gasteiger partial charge >= 0.3 is 31.1 Å². The second-order valence-corrected chi connectivity index (χ2v) is 9.29. The number of alkyl halides is 6. The molecule has 0 radical (unpaired) electrons. The predicted molar refractivity (Wildman–Crippen MR) is 107 cm³/mol. The Hall–Kier alpha value is -1.92. The molecule has 0 saturated heterocycles. The molecular formula is C14H28F6N6O4S2. The summed E-state index contributed by atoms with van der Waals surface area (Å²) in [7, 11) is -6.53. The molecular weight excluding hydrogens is 494 g/mol. The topological polar surface area (TPSA) is 133 Å². The summed E-state index contributed by atoms with van der Waals surface area (Å²) >= 11 is 0. The average molecular weight is 523 g/mol. The summed E-state index contributed by atoms with van der Waals surface area (Å²) in [6, 6.07) is 0. The molecule has 2 rings (SSSR count). The van der Waals surface area contributed by atoms with E-state index >= 15 is 0 Å². The van der Waals surface area contributed by atoms with E-state index in [0.29, 0.717) is 0 Å². The van der Waals surface area contributed by atoms with Crippen molar-refractivity contribution in [3.05, 3.63) is 24.8 Å². The van der Waals surface area contributed by atoms with Gasteiger partial charge in [0.2, 0.25) is 0 Å². The first kappa shape index (κ1) is 32.3. The molecule has 2 aliphatic rings. The number of rotatable bonds is 2. The number of nitrogens with zero attached hydrogens (tertiary/aromatic N) is 4. The third-order valence-corrected chi connectivity index (χ3v) is 4.62. The van der Waals surface area contributed by atoms with Crippen molar-refractivity contribution in [2.75, 3.05) is 40.5 Å². The molecule has 0 fully saturated rings. The van der Waals surface area contributed by atoms with Gasteiger partial charge in [-0.05, 0) is 13.8 Å². The summed E-state index contributed by atoms with van der Waals surface area (Å²) in [6.07, 6.45) is 8.40. The van der Waals surface area contributed by atoms with Gasteiger partial charge in [-0.15, -0.1) is 0 Å². The summed E-state index contributed by atoms with van der Waals surface area (Å²) in [5.41, 5.74) is -10.6. The van der Waals surface area contributed by atoms with Gasteiger partial charge in [0.25, 0.3) is 0 Å². The van der Waals surface area contributed by atoms with Crippen LogP contribution in [0.5, 0.6) is 0 Å². The fraction of sp³-hybridized carbons (Fsp3) is 0.714. The summed E-state index contributed by atoms with van der Waals surface area (Å²) in [5.74, 6) is 0. The monoisotopic (exact) mass is 522 g/mol. The molecule has 0 aliphatic carbocycles. The molecule has 4 N–H and O–H groups in total. The maximum atomic E-state index is 10.8. The number of primary sulfonamides is 2. The lowest BCUT2D eigenvalue weighted by atomic mass is 10.6. The Morgan fingerprint density at radius 3 is 0.969 bits per heavy atom. The summed E-state index contributed by atoms with van der Waals surface area (Å²) < 4.78 is 102. The van der Waals surface area contributed by atoms with Crippen LogP contribution in [0.3, 0.4) is 0 Å². The molecule has 2 aliphatic heterocycles. The van der Waals surface area contributed by atoms with E-state index in [1.54, 1.807) is 0 Å². The van der Waals surface area contributed by atoms with Crippen molar-refractivity contribution in [3.63, 3.8) is 0 Å². The standard InChI is InChI=1S/2C6H12N2.2CH2F3NO2S/c2*1-3-8-5-4-7(2)6-8;2*2-1(3,4)8(5,6)7/h2*4-5H,3,6H2,1-2H3;2*(H2,5,6,7). The van der Waals surface area contributed by atoms with Crippen LogP contribution in [0.4, 0.5) is 26.3 Å². The Kier molecular flexibility index (Phi) is 13.1. The first-order valence-corrected chi connectivity index (χ1v) is 11.7. The Bertz CT molecular complexity index is 747. The van der Waals surface area contributed by atoms with Crippen molar-refractivity contribution in [2.24, 2.45) is 10.3 Å². The van der Waals surface area contributed by atoms with Crippen molar-refractivity contribution in [1.82, 2.24) is 19.6 Å². The minimum absolute atomic E-state index is 1.05. The maximum absolute atomic E-state index is 10.8. The molecule has 0 amide bonds. The van der Waals surface area contributed by atoms with E-state index < -0.39 is 31.1 Å². The number of sulfonamides is 2. The van der Waals surface area contributed by atoms with Crippen molar-refractivity contribution >= 4 is 20.0 Å². The highest BCUT2D eigenvalue weighted by molar-refractivity contribution is 7.90. The maximum Gasteiger partial charge on any atom is 0.511 e. The molecule has 192 valence electrons. The Labute approximate surface area is 183 Å². The zero-order valence-electron chi connectivity index (χ0n) is 17.8. The van der Waals surface area contributed by atoms with Crippen LogP contribution in [0.15, 0.2) is 24.8 Å². The van der Waals surface area contributed by atoms with Gasteiger partial charge in [-0.2, -0.15) is 26.3 Å². The van der Waals surface area contributed by atoms with E-state index in [0.717, 1.165) is 26.4 Å². The van der Waals surface area contributed by atoms with E-state index in [9.17, 15) is 43.2 Å². The molecule has 0 spiro atoms. The lowest BCUT2D eigenvalue weighted by molar-refractivity contribution is -0.0441. The Morgan fingerprint density at radius 1 is 0.688 bits per heavy atom. The third-order valence-electron chi connectivity index (χ3n) is 3.33. The van der Waals surface area contributed by atoms with Gasteiger partial charge < -0.3 is 19.6 Å². The fourth-order valence-corrected chi connectivity index (χ4v) is 1.59. The molecule has 0 aromatic carbocycles. The molecule has 0 aromatic heterocycles. The summed E-state index contributed by atoms with van der Waals surface area (Å²) in [5, 5.41) is 7.32. The molecule has 0 atom stereocenters. The molecule has 0 aromatic rings.